The fraction of sp³-hybridized carbons (Fsp3) is 0.167. The number of hydrogen-bond donors (Lipinski definition) is 1. The first-order valence-electron chi connectivity index (χ1n) is 7.74. The third-order valence-electron chi connectivity index (χ3n) is 3.45. The van der Waals surface area contributed by atoms with Crippen LogP contribution in [0.2, 0.25) is 0 Å². The first-order chi connectivity index (χ1) is 11.8. The number of benzene rings is 2. The van der Waals surface area contributed by atoms with E-state index in [2.05, 4.69) is 27.4 Å². The number of hydrogen-bond acceptors (Lipinski definition) is 4. The van der Waals surface area contributed by atoms with Crippen molar-refractivity contribution in [3.63, 3.8) is 0 Å². The molecule has 1 aromatic heterocycles. The molecule has 6 heteroatoms. The number of aromatic nitrogens is 3. The number of nitrogens with zero attached hydrogens (tertiary/aromatic N) is 3. The normalized spacial score (nSPS) is 11.0. The molecule has 0 aliphatic heterocycles. The second-order valence-electron chi connectivity index (χ2n) is 5.13. The largest absolute Gasteiger partial charge is 0.493 e. The van der Waals surface area contributed by atoms with Gasteiger partial charge in [0.15, 0.2) is 5.82 Å². The van der Waals surface area contributed by atoms with Crippen LogP contribution in [0.4, 0.5) is 0 Å². The van der Waals surface area contributed by atoms with E-state index in [1.807, 2.05) is 49.4 Å². The van der Waals surface area contributed by atoms with E-state index in [4.69, 9.17) is 17.0 Å². The molecule has 3 rings (SSSR count). The highest BCUT2D eigenvalue weighted by Crippen LogP contribution is 2.16. The van der Waals surface area contributed by atoms with Gasteiger partial charge in [-0.25, -0.2) is 0 Å². The van der Waals surface area contributed by atoms with E-state index in [1.165, 1.54) is 0 Å². The molecule has 0 bridgehead atoms. The zero-order valence-corrected chi connectivity index (χ0v) is 14.2. The molecule has 0 fully saturated rings. The van der Waals surface area contributed by atoms with Crippen molar-refractivity contribution in [1.82, 2.24) is 14.9 Å². The van der Waals surface area contributed by atoms with Gasteiger partial charge in [0.25, 0.3) is 0 Å². The Bertz CT molecular complexity index is 883. The van der Waals surface area contributed by atoms with Gasteiger partial charge in [0, 0.05) is 12.0 Å². The molecule has 0 spiro atoms. The maximum absolute atomic E-state index is 5.61. The van der Waals surface area contributed by atoms with Crippen molar-refractivity contribution in [3.05, 3.63) is 76.3 Å². The van der Waals surface area contributed by atoms with Gasteiger partial charge in [-0.3, -0.25) is 5.10 Å². The molecule has 0 saturated carbocycles. The second kappa shape index (κ2) is 7.70. The Kier molecular flexibility index (Phi) is 5.18. The van der Waals surface area contributed by atoms with E-state index in [-0.39, 0.29) is 0 Å². The van der Waals surface area contributed by atoms with Gasteiger partial charge in [-0.2, -0.15) is 14.9 Å². The minimum atomic E-state index is 0.464. The maximum Gasteiger partial charge on any atom is 0.216 e. The lowest BCUT2D eigenvalue weighted by atomic mass is 10.1. The van der Waals surface area contributed by atoms with Crippen LogP contribution in [0.5, 0.6) is 5.75 Å². The van der Waals surface area contributed by atoms with Crippen molar-refractivity contribution >= 4 is 18.4 Å². The zero-order valence-electron chi connectivity index (χ0n) is 13.3. The summed E-state index contributed by atoms with van der Waals surface area (Å²) in [5.41, 5.74) is 2.05. The van der Waals surface area contributed by atoms with E-state index in [1.54, 1.807) is 10.9 Å². The maximum atomic E-state index is 5.61. The molecule has 0 amide bonds. The Morgan fingerprint density at radius 1 is 1.17 bits per heavy atom. The minimum absolute atomic E-state index is 0.464. The molecule has 24 heavy (non-hydrogen) atoms. The fourth-order valence-corrected chi connectivity index (χ4v) is 2.53. The van der Waals surface area contributed by atoms with Crippen LogP contribution in [0.3, 0.4) is 0 Å². The Hall–Kier alpha value is -2.73. The van der Waals surface area contributed by atoms with Crippen LogP contribution in [0.1, 0.15) is 23.9 Å². The Morgan fingerprint density at radius 2 is 1.92 bits per heavy atom. The predicted octanol–water partition coefficient (Wildman–Crippen LogP) is 3.81. The average molecular weight is 338 g/mol. The van der Waals surface area contributed by atoms with Gasteiger partial charge in [-0.15, -0.1) is 0 Å². The van der Waals surface area contributed by atoms with Crippen LogP contribution in [0.15, 0.2) is 59.7 Å². The van der Waals surface area contributed by atoms with Crippen molar-refractivity contribution in [2.45, 2.75) is 13.3 Å². The molecule has 0 radical (unpaired) electrons. The molecule has 2 aromatic carbocycles. The van der Waals surface area contributed by atoms with Crippen molar-refractivity contribution < 1.29 is 4.74 Å². The van der Waals surface area contributed by atoms with Crippen LogP contribution < -0.4 is 4.74 Å². The molecule has 0 atom stereocenters. The summed E-state index contributed by atoms with van der Waals surface area (Å²) in [6.07, 6.45) is 2.39. The third-order valence-corrected chi connectivity index (χ3v) is 3.72. The molecular formula is C18H18N4OS. The first kappa shape index (κ1) is 16.1. The smallest absolute Gasteiger partial charge is 0.216 e. The summed E-state index contributed by atoms with van der Waals surface area (Å²) in [6.45, 7) is 2.56. The summed E-state index contributed by atoms with van der Waals surface area (Å²) in [7, 11) is 0. The summed E-state index contributed by atoms with van der Waals surface area (Å²) in [4.78, 5) is 0. The Balaban J connectivity index is 1.88. The summed E-state index contributed by atoms with van der Waals surface area (Å²) >= 11 is 5.29. The van der Waals surface area contributed by atoms with E-state index < -0.39 is 0 Å². The van der Waals surface area contributed by atoms with Crippen molar-refractivity contribution in [3.8, 4) is 5.75 Å². The standard InChI is InChI=1S/C18H18N4OS/c1-2-23-16-11-7-6-10-15(16)13-19-22-17(20-21-18(22)24)12-14-8-4-3-5-9-14/h3-11,13H,2,12H2,1H3,(H,21,24)/b19-13-. The van der Waals surface area contributed by atoms with Crippen LogP contribution in [0, 0.1) is 4.77 Å². The highest BCUT2D eigenvalue weighted by molar-refractivity contribution is 7.71. The lowest BCUT2D eigenvalue weighted by molar-refractivity contribution is 0.340. The molecule has 5 nitrogen and oxygen atoms in total. The van der Waals surface area contributed by atoms with Crippen molar-refractivity contribution in [1.29, 1.82) is 0 Å². The van der Waals surface area contributed by atoms with E-state index in [9.17, 15) is 0 Å². The van der Waals surface area contributed by atoms with Crippen LogP contribution >= 0.6 is 12.2 Å². The first-order valence-corrected chi connectivity index (χ1v) is 8.15. The highest BCUT2D eigenvalue weighted by Gasteiger charge is 2.06. The molecule has 0 aliphatic rings. The quantitative estimate of drug-likeness (QED) is 0.549. The Labute approximate surface area is 145 Å². The van der Waals surface area contributed by atoms with E-state index in [0.717, 1.165) is 22.7 Å². The number of ether oxygens (including phenoxy) is 1. The van der Waals surface area contributed by atoms with Gasteiger partial charge < -0.3 is 4.74 Å². The molecular weight excluding hydrogens is 320 g/mol. The Morgan fingerprint density at radius 3 is 2.71 bits per heavy atom. The second-order valence-corrected chi connectivity index (χ2v) is 5.52. The molecule has 1 heterocycles. The molecule has 3 aromatic rings. The molecule has 0 saturated heterocycles. The summed E-state index contributed by atoms with van der Waals surface area (Å²) in [5.74, 6) is 1.56. The lowest BCUT2D eigenvalue weighted by Crippen LogP contribution is -2.01. The van der Waals surface area contributed by atoms with E-state index >= 15 is 0 Å². The average Bonchev–Trinajstić information content (AvgIpc) is 2.95. The minimum Gasteiger partial charge on any atom is -0.493 e. The van der Waals surface area contributed by atoms with Gasteiger partial charge in [0.05, 0.1) is 12.8 Å². The highest BCUT2D eigenvalue weighted by atomic mass is 32.1. The van der Waals surface area contributed by atoms with Gasteiger partial charge in [-0.05, 0) is 36.8 Å². The van der Waals surface area contributed by atoms with Crippen LogP contribution in [0.25, 0.3) is 0 Å². The van der Waals surface area contributed by atoms with Crippen molar-refractivity contribution in [2.75, 3.05) is 6.61 Å². The van der Waals surface area contributed by atoms with Gasteiger partial charge in [0.1, 0.15) is 5.75 Å². The monoisotopic (exact) mass is 338 g/mol. The van der Waals surface area contributed by atoms with Crippen molar-refractivity contribution in [2.24, 2.45) is 5.10 Å². The lowest BCUT2D eigenvalue weighted by Gasteiger charge is -2.06. The number of para-hydroxylation sites is 1. The number of rotatable bonds is 6. The van der Waals surface area contributed by atoms with Gasteiger partial charge >= 0.3 is 0 Å². The summed E-state index contributed by atoms with van der Waals surface area (Å²) in [6, 6.07) is 17.9. The van der Waals surface area contributed by atoms with Gasteiger partial charge in [0.2, 0.25) is 4.77 Å². The molecule has 1 N–H and O–H groups in total. The third kappa shape index (κ3) is 3.78. The van der Waals surface area contributed by atoms with E-state index in [0.29, 0.717) is 17.8 Å². The SMILES string of the molecule is CCOc1ccccc1/C=N\n1c(Cc2ccccc2)n[nH]c1=S. The molecule has 122 valence electrons. The van der Waals surface area contributed by atoms with Gasteiger partial charge in [-0.1, -0.05) is 42.5 Å². The van der Waals surface area contributed by atoms with Crippen LogP contribution in [-0.2, 0) is 6.42 Å². The number of nitrogens with one attached hydrogen (secondary N) is 1. The van der Waals surface area contributed by atoms with Crippen LogP contribution in [-0.4, -0.2) is 27.7 Å². The zero-order chi connectivity index (χ0) is 16.8. The number of aromatic amines is 1. The summed E-state index contributed by atoms with van der Waals surface area (Å²) in [5, 5.41) is 11.6. The summed E-state index contributed by atoms with van der Waals surface area (Å²) < 4.78 is 7.72. The fourth-order valence-electron chi connectivity index (χ4n) is 2.33. The predicted molar refractivity (Wildman–Crippen MR) is 97.3 cm³/mol. The molecule has 0 unspecified atom stereocenters. The topological polar surface area (TPSA) is 55.2 Å². The number of H-pyrrole nitrogens is 1. The molecule has 0 aliphatic carbocycles.